The van der Waals surface area contributed by atoms with Crippen molar-refractivity contribution >= 4 is 0 Å². The minimum absolute atomic E-state index is 0.352. The Hall–Kier alpha value is -0.0800. The molecule has 12 heavy (non-hydrogen) atoms. The zero-order valence-corrected chi connectivity index (χ0v) is 8.08. The van der Waals surface area contributed by atoms with Crippen LogP contribution in [0.4, 0.5) is 0 Å². The summed E-state index contributed by atoms with van der Waals surface area (Å²) in [4.78, 5) is 2.50. The standard InChI is InChI=1S/C10H19NO/c1-3-11-6-8-4-10(2,12)5-9(8)7-11/h8-9,12H,3-7H2,1-2H3. The second-order valence-electron chi connectivity index (χ2n) is 4.78. The largest absolute Gasteiger partial charge is 0.390 e. The third-order valence-electron chi connectivity index (χ3n) is 3.50. The molecule has 1 aliphatic carbocycles. The summed E-state index contributed by atoms with van der Waals surface area (Å²) in [6.45, 7) is 7.82. The Morgan fingerprint density at radius 3 is 2.25 bits per heavy atom. The van der Waals surface area contributed by atoms with Gasteiger partial charge in [0.15, 0.2) is 0 Å². The lowest BCUT2D eigenvalue weighted by atomic mass is 10.0. The number of likely N-dealkylation sites (tertiary alicyclic amines) is 1. The average molecular weight is 169 g/mol. The summed E-state index contributed by atoms with van der Waals surface area (Å²) >= 11 is 0. The third kappa shape index (κ3) is 1.38. The van der Waals surface area contributed by atoms with Crippen LogP contribution in [0.5, 0.6) is 0 Å². The second kappa shape index (κ2) is 2.71. The first-order chi connectivity index (χ1) is 5.61. The maximum atomic E-state index is 9.84. The SMILES string of the molecule is CCN1CC2CC(C)(O)CC2C1. The van der Waals surface area contributed by atoms with Crippen molar-refractivity contribution in [2.45, 2.75) is 32.3 Å². The van der Waals surface area contributed by atoms with Crippen LogP contribution in [0.1, 0.15) is 26.7 Å². The van der Waals surface area contributed by atoms with Crippen LogP contribution in [0.2, 0.25) is 0 Å². The Kier molecular flexibility index (Phi) is 1.92. The second-order valence-corrected chi connectivity index (χ2v) is 4.78. The van der Waals surface area contributed by atoms with Crippen molar-refractivity contribution in [3.05, 3.63) is 0 Å². The average Bonchev–Trinajstić information content (AvgIpc) is 2.40. The summed E-state index contributed by atoms with van der Waals surface area (Å²) in [6.07, 6.45) is 2.04. The number of hydrogen-bond acceptors (Lipinski definition) is 2. The molecule has 2 nitrogen and oxygen atoms in total. The van der Waals surface area contributed by atoms with Crippen LogP contribution in [-0.2, 0) is 0 Å². The van der Waals surface area contributed by atoms with E-state index in [0.717, 1.165) is 24.7 Å². The van der Waals surface area contributed by atoms with Gasteiger partial charge in [-0.05, 0) is 38.1 Å². The normalized spacial score (nSPS) is 48.2. The first-order valence-electron chi connectivity index (χ1n) is 5.05. The molecule has 0 aromatic carbocycles. The van der Waals surface area contributed by atoms with Crippen molar-refractivity contribution in [3.63, 3.8) is 0 Å². The molecule has 2 atom stereocenters. The van der Waals surface area contributed by atoms with Gasteiger partial charge in [-0.25, -0.2) is 0 Å². The van der Waals surface area contributed by atoms with E-state index in [1.54, 1.807) is 0 Å². The molecule has 1 saturated carbocycles. The molecule has 2 rings (SSSR count). The highest BCUT2D eigenvalue weighted by atomic mass is 16.3. The van der Waals surface area contributed by atoms with Crippen LogP contribution in [-0.4, -0.2) is 35.2 Å². The number of aliphatic hydroxyl groups is 1. The minimum atomic E-state index is -0.352. The topological polar surface area (TPSA) is 23.5 Å². The van der Waals surface area contributed by atoms with E-state index in [9.17, 15) is 5.11 Å². The van der Waals surface area contributed by atoms with Crippen molar-refractivity contribution < 1.29 is 5.11 Å². The number of fused-ring (bicyclic) bond motifs is 1. The lowest BCUT2D eigenvalue weighted by Crippen LogP contribution is -2.27. The Morgan fingerprint density at radius 1 is 1.33 bits per heavy atom. The lowest BCUT2D eigenvalue weighted by Gasteiger charge is -2.20. The molecule has 1 N–H and O–H groups in total. The van der Waals surface area contributed by atoms with Gasteiger partial charge in [0.25, 0.3) is 0 Å². The predicted octanol–water partition coefficient (Wildman–Crippen LogP) is 1.10. The molecule has 0 bridgehead atoms. The molecule has 2 fully saturated rings. The fourth-order valence-corrected chi connectivity index (χ4v) is 2.97. The van der Waals surface area contributed by atoms with Crippen molar-refractivity contribution in [1.82, 2.24) is 4.90 Å². The van der Waals surface area contributed by atoms with Crippen LogP contribution in [0.15, 0.2) is 0 Å². The van der Waals surface area contributed by atoms with E-state index < -0.39 is 0 Å². The molecule has 0 aromatic heterocycles. The minimum Gasteiger partial charge on any atom is -0.390 e. The van der Waals surface area contributed by atoms with Gasteiger partial charge in [0.2, 0.25) is 0 Å². The van der Waals surface area contributed by atoms with Crippen molar-refractivity contribution in [2.75, 3.05) is 19.6 Å². The molecule has 1 saturated heterocycles. The Bertz CT molecular complexity index is 163. The fourth-order valence-electron chi connectivity index (χ4n) is 2.97. The molecule has 1 aliphatic heterocycles. The predicted molar refractivity (Wildman–Crippen MR) is 49.0 cm³/mol. The summed E-state index contributed by atoms with van der Waals surface area (Å²) in [5.41, 5.74) is -0.352. The maximum absolute atomic E-state index is 9.84. The Morgan fingerprint density at radius 2 is 1.83 bits per heavy atom. The van der Waals surface area contributed by atoms with Gasteiger partial charge in [-0.3, -0.25) is 0 Å². The van der Waals surface area contributed by atoms with Crippen LogP contribution < -0.4 is 0 Å². The highest BCUT2D eigenvalue weighted by molar-refractivity contribution is 4.97. The summed E-state index contributed by atoms with van der Waals surface area (Å²) in [5.74, 6) is 1.56. The van der Waals surface area contributed by atoms with Gasteiger partial charge in [-0.2, -0.15) is 0 Å². The number of nitrogens with zero attached hydrogens (tertiary/aromatic N) is 1. The molecule has 0 amide bonds. The van der Waals surface area contributed by atoms with E-state index in [2.05, 4.69) is 11.8 Å². The molecule has 2 aliphatic rings. The van der Waals surface area contributed by atoms with Crippen LogP contribution in [0.3, 0.4) is 0 Å². The first-order valence-corrected chi connectivity index (χ1v) is 5.05. The summed E-state index contributed by atoms with van der Waals surface area (Å²) in [7, 11) is 0. The van der Waals surface area contributed by atoms with E-state index in [0.29, 0.717) is 0 Å². The van der Waals surface area contributed by atoms with Gasteiger partial charge in [-0.1, -0.05) is 6.92 Å². The first kappa shape index (κ1) is 8.52. The van der Waals surface area contributed by atoms with Crippen LogP contribution in [0, 0.1) is 11.8 Å². The van der Waals surface area contributed by atoms with Gasteiger partial charge in [0.05, 0.1) is 5.60 Å². The highest BCUT2D eigenvalue weighted by Gasteiger charge is 2.45. The zero-order valence-electron chi connectivity index (χ0n) is 8.08. The molecule has 0 aromatic rings. The van der Waals surface area contributed by atoms with E-state index in [-0.39, 0.29) is 5.60 Å². The molecular weight excluding hydrogens is 150 g/mol. The van der Waals surface area contributed by atoms with E-state index >= 15 is 0 Å². The quantitative estimate of drug-likeness (QED) is 0.635. The number of hydrogen-bond donors (Lipinski definition) is 1. The van der Waals surface area contributed by atoms with Crippen molar-refractivity contribution in [1.29, 1.82) is 0 Å². The molecular formula is C10H19NO. The van der Waals surface area contributed by atoms with Crippen molar-refractivity contribution in [2.24, 2.45) is 11.8 Å². The third-order valence-corrected chi connectivity index (χ3v) is 3.50. The molecule has 0 spiro atoms. The monoisotopic (exact) mass is 169 g/mol. The highest BCUT2D eigenvalue weighted by Crippen LogP contribution is 2.43. The van der Waals surface area contributed by atoms with Gasteiger partial charge in [-0.15, -0.1) is 0 Å². The molecule has 2 unspecified atom stereocenters. The van der Waals surface area contributed by atoms with Gasteiger partial charge < -0.3 is 10.0 Å². The Labute approximate surface area is 74.6 Å². The summed E-state index contributed by atoms with van der Waals surface area (Å²) < 4.78 is 0. The summed E-state index contributed by atoms with van der Waals surface area (Å²) in [6, 6.07) is 0. The van der Waals surface area contributed by atoms with E-state index in [1.165, 1.54) is 19.6 Å². The van der Waals surface area contributed by atoms with Crippen LogP contribution >= 0.6 is 0 Å². The molecule has 2 heteroatoms. The molecule has 70 valence electrons. The Balaban J connectivity index is 1.97. The lowest BCUT2D eigenvalue weighted by molar-refractivity contribution is 0.0546. The van der Waals surface area contributed by atoms with E-state index in [1.807, 2.05) is 6.92 Å². The maximum Gasteiger partial charge on any atom is 0.0626 e. The number of rotatable bonds is 1. The van der Waals surface area contributed by atoms with Crippen LogP contribution in [0.25, 0.3) is 0 Å². The van der Waals surface area contributed by atoms with E-state index in [4.69, 9.17) is 0 Å². The summed E-state index contributed by atoms with van der Waals surface area (Å²) in [5, 5.41) is 9.84. The zero-order chi connectivity index (χ0) is 8.77. The van der Waals surface area contributed by atoms with Gasteiger partial charge in [0, 0.05) is 13.1 Å². The molecule has 1 heterocycles. The van der Waals surface area contributed by atoms with Gasteiger partial charge >= 0.3 is 0 Å². The molecule has 0 radical (unpaired) electrons. The van der Waals surface area contributed by atoms with Gasteiger partial charge in [0.1, 0.15) is 0 Å². The smallest absolute Gasteiger partial charge is 0.0626 e. The van der Waals surface area contributed by atoms with Crippen molar-refractivity contribution in [3.8, 4) is 0 Å². The fraction of sp³-hybridized carbons (Fsp3) is 1.00.